The van der Waals surface area contributed by atoms with Crippen LogP contribution in [0, 0.1) is 0 Å². The third kappa shape index (κ3) is 4.78. The summed E-state index contributed by atoms with van der Waals surface area (Å²) in [6, 6.07) is 0. The summed E-state index contributed by atoms with van der Waals surface area (Å²) >= 11 is 0.997. The van der Waals surface area contributed by atoms with Gasteiger partial charge in [-0.25, -0.2) is 14.9 Å². The Morgan fingerprint density at radius 2 is 1.87 bits per heavy atom. The first kappa shape index (κ1) is 17.5. The molecule has 9 heteroatoms. The third-order valence-electron chi connectivity index (χ3n) is 3.65. The number of thioether (sulfide) groups is 1. The van der Waals surface area contributed by atoms with Crippen LogP contribution in [0.5, 0.6) is 0 Å². The molecule has 0 spiro atoms. The predicted molar refractivity (Wildman–Crippen MR) is 88.7 cm³/mol. The van der Waals surface area contributed by atoms with Gasteiger partial charge >= 0.3 is 5.69 Å². The summed E-state index contributed by atoms with van der Waals surface area (Å²) in [7, 11) is 2.85. The lowest BCUT2D eigenvalue weighted by Gasteiger charge is -2.05. The maximum absolute atomic E-state index is 11.9. The highest BCUT2D eigenvalue weighted by Gasteiger charge is 2.12. The van der Waals surface area contributed by atoms with Gasteiger partial charge in [0.1, 0.15) is 0 Å². The first-order valence-electron chi connectivity index (χ1n) is 7.60. The van der Waals surface area contributed by atoms with Crippen molar-refractivity contribution in [1.82, 2.24) is 19.8 Å². The van der Waals surface area contributed by atoms with Crippen LogP contribution in [-0.4, -0.2) is 31.7 Å². The number of aromatic nitrogens is 3. The van der Waals surface area contributed by atoms with Crippen molar-refractivity contribution in [3.05, 3.63) is 20.8 Å². The van der Waals surface area contributed by atoms with Crippen LogP contribution in [0.15, 0.2) is 19.7 Å². The van der Waals surface area contributed by atoms with Crippen molar-refractivity contribution in [2.75, 3.05) is 5.75 Å². The van der Waals surface area contributed by atoms with Gasteiger partial charge in [-0.1, -0.05) is 24.6 Å². The van der Waals surface area contributed by atoms with Crippen molar-refractivity contribution in [3.8, 4) is 0 Å². The molecule has 1 aromatic rings. The fourth-order valence-electron chi connectivity index (χ4n) is 2.32. The normalized spacial score (nSPS) is 15.1. The lowest BCUT2D eigenvalue weighted by atomic mass is 10.2. The SMILES string of the molecule is Cn1nc(SCC(=O)NN=C2CCCCCC2)c(=O)n(C)c1=O. The van der Waals surface area contributed by atoms with Crippen LogP contribution in [0.1, 0.15) is 38.5 Å². The van der Waals surface area contributed by atoms with Gasteiger partial charge in [-0.2, -0.15) is 10.2 Å². The highest BCUT2D eigenvalue weighted by atomic mass is 32.2. The molecule has 1 aromatic heterocycles. The van der Waals surface area contributed by atoms with Crippen molar-refractivity contribution >= 4 is 23.4 Å². The van der Waals surface area contributed by atoms with Crippen LogP contribution in [0.2, 0.25) is 0 Å². The second kappa shape index (κ2) is 8.09. The van der Waals surface area contributed by atoms with Crippen molar-refractivity contribution in [1.29, 1.82) is 0 Å². The fraction of sp³-hybridized carbons (Fsp3) is 0.643. The third-order valence-corrected chi connectivity index (χ3v) is 4.59. The van der Waals surface area contributed by atoms with E-state index in [1.54, 1.807) is 0 Å². The van der Waals surface area contributed by atoms with Crippen LogP contribution in [0.4, 0.5) is 0 Å². The largest absolute Gasteiger partial charge is 0.346 e. The van der Waals surface area contributed by atoms with E-state index in [-0.39, 0.29) is 16.7 Å². The number of carbonyl (C=O) groups is 1. The minimum Gasteiger partial charge on any atom is -0.272 e. The average molecular weight is 339 g/mol. The number of nitrogens with one attached hydrogen (secondary N) is 1. The molecule has 1 fully saturated rings. The monoisotopic (exact) mass is 339 g/mol. The van der Waals surface area contributed by atoms with Crippen LogP contribution in [0.3, 0.4) is 0 Å². The average Bonchev–Trinajstić information content (AvgIpc) is 2.81. The molecule has 0 aromatic carbocycles. The molecular weight excluding hydrogens is 318 g/mol. The topological polar surface area (TPSA) is 98.3 Å². The van der Waals surface area contributed by atoms with Crippen LogP contribution >= 0.6 is 11.8 Å². The molecule has 0 atom stereocenters. The van der Waals surface area contributed by atoms with Crippen molar-refractivity contribution in [2.24, 2.45) is 19.2 Å². The standard InChI is InChI=1S/C14H21N5O3S/c1-18-13(21)12(17-19(2)14(18)22)23-9-11(20)16-15-10-7-5-3-4-6-8-10/h3-9H2,1-2H3,(H,16,20). The summed E-state index contributed by atoms with van der Waals surface area (Å²) in [5, 5.41) is 8.17. The molecule has 1 saturated carbocycles. The van der Waals surface area contributed by atoms with E-state index in [1.165, 1.54) is 26.9 Å². The maximum Gasteiger partial charge on any atom is 0.346 e. The molecule has 1 aliphatic rings. The minimum atomic E-state index is -0.499. The number of hydrogen-bond acceptors (Lipinski definition) is 6. The number of hydrazone groups is 1. The maximum atomic E-state index is 11.9. The molecule has 0 aliphatic heterocycles. The summed E-state index contributed by atoms with van der Waals surface area (Å²) < 4.78 is 2.05. The molecule has 8 nitrogen and oxygen atoms in total. The van der Waals surface area contributed by atoms with E-state index < -0.39 is 11.2 Å². The molecular formula is C14H21N5O3S. The zero-order valence-electron chi connectivity index (χ0n) is 13.4. The van der Waals surface area contributed by atoms with Gasteiger partial charge in [-0.15, -0.1) is 0 Å². The fourth-order valence-corrected chi connectivity index (χ4v) is 3.09. The molecule has 0 radical (unpaired) electrons. The number of amides is 1. The molecule has 1 N–H and O–H groups in total. The predicted octanol–water partition coefficient (Wildman–Crippen LogP) is 0.398. The first-order valence-corrected chi connectivity index (χ1v) is 8.59. The zero-order valence-corrected chi connectivity index (χ0v) is 14.2. The lowest BCUT2D eigenvalue weighted by Crippen LogP contribution is -2.39. The Bertz CT molecular complexity index is 712. The molecule has 1 aliphatic carbocycles. The van der Waals surface area contributed by atoms with Gasteiger partial charge in [0.25, 0.3) is 5.56 Å². The van der Waals surface area contributed by atoms with Crippen LogP contribution < -0.4 is 16.7 Å². The van der Waals surface area contributed by atoms with E-state index >= 15 is 0 Å². The molecule has 0 unspecified atom stereocenters. The van der Waals surface area contributed by atoms with Gasteiger partial charge < -0.3 is 0 Å². The Morgan fingerprint density at radius 3 is 2.52 bits per heavy atom. The Morgan fingerprint density at radius 1 is 1.22 bits per heavy atom. The van der Waals surface area contributed by atoms with E-state index in [2.05, 4.69) is 15.6 Å². The number of rotatable bonds is 4. The second-order valence-corrected chi connectivity index (χ2v) is 6.46. The number of hydrogen-bond donors (Lipinski definition) is 1. The van der Waals surface area contributed by atoms with Gasteiger partial charge in [0.15, 0.2) is 5.03 Å². The highest BCUT2D eigenvalue weighted by molar-refractivity contribution is 7.99. The second-order valence-electron chi connectivity index (χ2n) is 5.49. The Labute approximate surface area is 138 Å². The van der Waals surface area contributed by atoms with Crippen LogP contribution in [0.25, 0.3) is 0 Å². The Balaban J connectivity index is 1.93. The van der Waals surface area contributed by atoms with E-state index in [4.69, 9.17) is 0 Å². The summed E-state index contributed by atoms with van der Waals surface area (Å²) in [5.74, 6) is -0.263. The van der Waals surface area contributed by atoms with Crippen molar-refractivity contribution in [3.63, 3.8) is 0 Å². The minimum absolute atomic E-state index is 0.0250. The van der Waals surface area contributed by atoms with Crippen molar-refractivity contribution in [2.45, 2.75) is 43.6 Å². The van der Waals surface area contributed by atoms with Gasteiger partial charge in [-0.3, -0.25) is 14.2 Å². The van der Waals surface area contributed by atoms with E-state index in [0.717, 1.165) is 52.4 Å². The van der Waals surface area contributed by atoms with Gasteiger partial charge in [0.05, 0.1) is 5.75 Å². The highest BCUT2D eigenvalue weighted by Crippen LogP contribution is 2.14. The molecule has 23 heavy (non-hydrogen) atoms. The molecule has 2 rings (SSSR count). The number of aryl methyl sites for hydroxylation is 1. The summed E-state index contributed by atoms with van der Waals surface area (Å²) in [6.07, 6.45) is 6.50. The smallest absolute Gasteiger partial charge is 0.272 e. The molecule has 126 valence electrons. The lowest BCUT2D eigenvalue weighted by molar-refractivity contribution is -0.118. The quantitative estimate of drug-likeness (QED) is 0.486. The summed E-state index contributed by atoms with van der Waals surface area (Å²) in [6.45, 7) is 0. The molecule has 1 amide bonds. The van der Waals surface area contributed by atoms with Gasteiger partial charge in [-0.05, 0) is 25.7 Å². The molecule has 1 heterocycles. The zero-order chi connectivity index (χ0) is 16.8. The Kier molecular flexibility index (Phi) is 6.14. The Hall–Kier alpha value is -1.90. The van der Waals surface area contributed by atoms with E-state index in [1.807, 2.05) is 0 Å². The van der Waals surface area contributed by atoms with Crippen LogP contribution in [-0.2, 0) is 18.9 Å². The number of carbonyl (C=O) groups excluding carboxylic acids is 1. The van der Waals surface area contributed by atoms with E-state index in [0.29, 0.717) is 0 Å². The van der Waals surface area contributed by atoms with E-state index in [9.17, 15) is 14.4 Å². The van der Waals surface area contributed by atoms with Gasteiger partial charge in [0, 0.05) is 19.8 Å². The summed E-state index contributed by atoms with van der Waals surface area (Å²) in [4.78, 5) is 35.3. The molecule has 0 saturated heterocycles. The number of nitrogens with zero attached hydrogens (tertiary/aromatic N) is 4. The van der Waals surface area contributed by atoms with Gasteiger partial charge in [0.2, 0.25) is 5.91 Å². The van der Waals surface area contributed by atoms with Crippen molar-refractivity contribution < 1.29 is 4.79 Å². The molecule has 0 bridgehead atoms. The summed E-state index contributed by atoms with van der Waals surface area (Å²) in [5.41, 5.74) is 2.56. The first-order chi connectivity index (χ1) is 11.0.